The van der Waals surface area contributed by atoms with Gasteiger partial charge in [-0.2, -0.15) is 0 Å². The third kappa shape index (κ3) is 6.16. The average molecular weight is 497 g/mol. The molecule has 4 rings (SSSR count). The summed E-state index contributed by atoms with van der Waals surface area (Å²) in [5.41, 5.74) is 1.14. The highest BCUT2D eigenvalue weighted by molar-refractivity contribution is 7.89. The van der Waals surface area contributed by atoms with E-state index in [1.54, 1.807) is 18.2 Å². The second-order valence-electron chi connectivity index (χ2n) is 8.74. The quantitative estimate of drug-likeness (QED) is 0.605. The Hall–Kier alpha value is -2.36. The number of piperidine rings is 1. The van der Waals surface area contributed by atoms with Crippen LogP contribution in [0.25, 0.3) is 0 Å². The van der Waals surface area contributed by atoms with Gasteiger partial charge in [0.2, 0.25) is 10.0 Å². The number of phenolic OH excluding ortho intramolecular Hbond substituents is 1. The Bertz CT molecular complexity index is 1170. The maximum Gasteiger partial charge on any atom is 0.267 e. The van der Waals surface area contributed by atoms with E-state index in [1.165, 1.54) is 12.1 Å². The van der Waals surface area contributed by atoms with Crippen molar-refractivity contribution >= 4 is 27.5 Å². The molecule has 2 aromatic rings. The van der Waals surface area contributed by atoms with Crippen LogP contribution in [-0.4, -0.2) is 49.8 Å². The van der Waals surface area contributed by atoms with E-state index in [4.69, 9.17) is 16.3 Å². The van der Waals surface area contributed by atoms with Crippen LogP contribution in [-0.2, 0) is 16.6 Å². The van der Waals surface area contributed by atoms with Crippen LogP contribution in [0.15, 0.2) is 30.3 Å². The molecule has 0 bridgehead atoms. The number of aromatic hydroxyl groups is 1. The molecule has 1 aliphatic heterocycles. The van der Waals surface area contributed by atoms with Crippen molar-refractivity contribution in [3.05, 3.63) is 57.9 Å². The summed E-state index contributed by atoms with van der Waals surface area (Å²) in [5, 5.41) is 10.7. The molecule has 1 unspecified atom stereocenters. The van der Waals surface area contributed by atoms with Gasteiger partial charge in [-0.1, -0.05) is 11.6 Å². The molecular formula is C23H26ClFN2O5S. The van der Waals surface area contributed by atoms with E-state index in [0.29, 0.717) is 23.9 Å². The Morgan fingerprint density at radius 1 is 1.27 bits per heavy atom. The molecule has 178 valence electrons. The smallest absolute Gasteiger partial charge is 0.267 e. The molecule has 10 heteroatoms. The maximum atomic E-state index is 14.8. The van der Waals surface area contributed by atoms with E-state index in [-0.39, 0.29) is 23.3 Å². The van der Waals surface area contributed by atoms with Crippen molar-refractivity contribution in [1.82, 2.24) is 9.62 Å². The molecule has 1 saturated carbocycles. The molecule has 1 aliphatic carbocycles. The molecule has 2 aliphatic rings. The lowest BCUT2D eigenvalue weighted by Gasteiger charge is -2.33. The molecule has 33 heavy (non-hydrogen) atoms. The predicted molar refractivity (Wildman–Crippen MR) is 123 cm³/mol. The zero-order chi connectivity index (χ0) is 23.8. The summed E-state index contributed by atoms with van der Waals surface area (Å²) >= 11 is 6.06. The van der Waals surface area contributed by atoms with Crippen LogP contribution < -0.4 is 9.46 Å². The van der Waals surface area contributed by atoms with Crippen LogP contribution in [0, 0.1) is 5.82 Å². The number of phenols is 1. The van der Waals surface area contributed by atoms with Gasteiger partial charge in [0, 0.05) is 29.7 Å². The number of likely N-dealkylation sites (tertiary alicyclic amines) is 1. The number of sulfonamides is 1. The molecule has 0 spiro atoms. The van der Waals surface area contributed by atoms with Crippen molar-refractivity contribution in [2.24, 2.45) is 0 Å². The fourth-order valence-corrected chi connectivity index (χ4v) is 4.78. The second kappa shape index (κ2) is 9.48. The molecule has 1 heterocycles. The van der Waals surface area contributed by atoms with Crippen molar-refractivity contribution in [3.63, 3.8) is 0 Å². The van der Waals surface area contributed by atoms with Crippen LogP contribution in [0.2, 0.25) is 5.02 Å². The SMILES string of the molecule is CS(=O)(=O)NC(=O)c1cc(C2CC2)c(OC2CCCN(Cc3cc(Cl)ccc3O)C2)cc1F. The highest BCUT2D eigenvalue weighted by Gasteiger charge is 2.31. The van der Waals surface area contributed by atoms with Crippen LogP contribution in [0.5, 0.6) is 11.5 Å². The predicted octanol–water partition coefficient (Wildman–Crippen LogP) is 3.79. The van der Waals surface area contributed by atoms with Gasteiger partial charge in [-0.15, -0.1) is 0 Å². The van der Waals surface area contributed by atoms with Gasteiger partial charge in [-0.05, 0) is 68.0 Å². The van der Waals surface area contributed by atoms with Crippen molar-refractivity contribution in [1.29, 1.82) is 0 Å². The minimum absolute atomic E-state index is 0.161. The Labute approximate surface area is 197 Å². The first kappa shape index (κ1) is 23.8. The monoisotopic (exact) mass is 496 g/mol. The van der Waals surface area contributed by atoms with E-state index in [2.05, 4.69) is 4.90 Å². The molecule has 7 nitrogen and oxygen atoms in total. The number of hydrogen-bond acceptors (Lipinski definition) is 6. The summed E-state index contributed by atoms with van der Waals surface area (Å²) in [6, 6.07) is 7.54. The number of nitrogens with zero attached hydrogens (tertiary/aromatic N) is 1. The number of halogens is 2. The van der Waals surface area contributed by atoms with Crippen molar-refractivity contribution in [2.75, 3.05) is 19.3 Å². The third-order valence-electron chi connectivity index (χ3n) is 5.83. The Morgan fingerprint density at radius 2 is 2.03 bits per heavy atom. The zero-order valence-electron chi connectivity index (χ0n) is 18.2. The first-order valence-electron chi connectivity index (χ1n) is 10.8. The number of amides is 1. The van der Waals surface area contributed by atoms with Gasteiger partial charge >= 0.3 is 0 Å². The highest BCUT2D eigenvalue weighted by atomic mass is 35.5. The molecule has 1 amide bonds. The largest absolute Gasteiger partial charge is 0.508 e. The standard InChI is InChI=1S/C23H26ClFN2O5S/c1-33(30,31)26-23(29)19-10-18(14-4-5-14)22(11-20(19)25)32-17-3-2-8-27(13-17)12-15-9-16(24)6-7-21(15)28/h6-7,9-11,14,17,28H,2-5,8,12-13H2,1H3,(H,26,29). The number of nitrogens with one attached hydrogen (secondary N) is 1. The van der Waals surface area contributed by atoms with Crippen molar-refractivity contribution in [2.45, 2.75) is 44.2 Å². The highest BCUT2D eigenvalue weighted by Crippen LogP contribution is 2.45. The molecule has 2 fully saturated rings. The lowest BCUT2D eigenvalue weighted by atomic mass is 10.0. The Balaban J connectivity index is 1.50. The summed E-state index contributed by atoms with van der Waals surface area (Å²) in [7, 11) is -3.81. The normalized spacial score (nSPS) is 19.3. The fraction of sp³-hybridized carbons (Fsp3) is 0.435. The van der Waals surface area contributed by atoms with Crippen molar-refractivity contribution in [3.8, 4) is 11.5 Å². The van der Waals surface area contributed by atoms with Gasteiger partial charge in [0.05, 0.1) is 11.8 Å². The number of carbonyl (C=O) groups excluding carboxylic acids is 1. The third-order valence-corrected chi connectivity index (χ3v) is 6.62. The van der Waals surface area contributed by atoms with Gasteiger partial charge < -0.3 is 9.84 Å². The first-order valence-corrected chi connectivity index (χ1v) is 13.1. The number of ether oxygens (including phenoxy) is 1. The van der Waals surface area contributed by atoms with Gasteiger partial charge in [0.15, 0.2) is 0 Å². The molecule has 2 aromatic carbocycles. The van der Waals surface area contributed by atoms with Crippen LogP contribution in [0.4, 0.5) is 4.39 Å². The number of benzene rings is 2. The Morgan fingerprint density at radius 3 is 2.73 bits per heavy atom. The second-order valence-corrected chi connectivity index (χ2v) is 10.9. The first-order chi connectivity index (χ1) is 15.6. The van der Waals surface area contributed by atoms with Gasteiger partial charge in [0.1, 0.15) is 23.4 Å². The van der Waals surface area contributed by atoms with E-state index < -0.39 is 21.7 Å². The van der Waals surface area contributed by atoms with E-state index in [0.717, 1.165) is 49.6 Å². The van der Waals surface area contributed by atoms with Crippen molar-refractivity contribution < 1.29 is 27.4 Å². The zero-order valence-corrected chi connectivity index (χ0v) is 19.8. The number of carbonyl (C=O) groups is 1. The number of rotatable bonds is 7. The van der Waals surface area contributed by atoms with Crippen LogP contribution in [0.3, 0.4) is 0 Å². The molecule has 2 N–H and O–H groups in total. The molecule has 0 radical (unpaired) electrons. The lowest BCUT2D eigenvalue weighted by Crippen LogP contribution is -2.40. The summed E-state index contributed by atoms with van der Waals surface area (Å²) in [6.45, 7) is 1.94. The number of hydrogen-bond donors (Lipinski definition) is 2. The maximum absolute atomic E-state index is 14.8. The topological polar surface area (TPSA) is 95.9 Å². The minimum Gasteiger partial charge on any atom is -0.508 e. The fourth-order valence-electron chi connectivity index (χ4n) is 4.14. The summed E-state index contributed by atoms with van der Waals surface area (Å²) < 4.78 is 45.5. The van der Waals surface area contributed by atoms with Crippen LogP contribution >= 0.6 is 11.6 Å². The Kier molecular flexibility index (Phi) is 6.83. The minimum atomic E-state index is -3.81. The molecule has 0 aromatic heterocycles. The lowest BCUT2D eigenvalue weighted by molar-refractivity contribution is 0.0828. The van der Waals surface area contributed by atoms with E-state index >= 15 is 0 Å². The summed E-state index contributed by atoms with van der Waals surface area (Å²) in [5.74, 6) is -1.08. The molecular weight excluding hydrogens is 471 g/mol. The van der Waals surface area contributed by atoms with Gasteiger partial charge in [-0.3, -0.25) is 9.69 Å². The molecule has 1 saturated heterocycles. The summed E-state index contributed by atoms with van der Waals surface area (Å²) in [6.07, 6.45) is 4.13. The van der Waals surface area contributed by atoms with E-state index in [1.807, 2.05) is 4.72 Å². The summed E-state index contributed by atoms with van der Waals surface area (Å²) in [4.78, 5) is 14.4. The van der Waals surface area contributed by atoms with Gasteiger partial charge in [-0.25, -0.2) is 17.5 Å². The van der Waals surface area contributed by atoms with Crippen LogP contribution in [0.1, 0.15) is 53.1 Å². The average Bonchev–Trinajstić information content (AvgIpc) is 3.55. The molecule has 1 atom stereocenters. The van der Waals surface area contributed by atoms with E-state index in [9.17, 15) is 22.7 Å². The van der Waals surface area contributed by atoms with Gasteiger partial charge in [0.25, 0.3) is 5.91 Å².